The SMILES string of the molecule is NCC1OCCC12CCCOC2. The van der Waals surface area contributed by atoms with E-state index >= 15 is 0 Å². The molecule has 0 aliphatic carbocycles. The second-order valence-electron chi connectivity index (χ2n) is 3.86. The van der Waals surface area contributed by atoms with Crippen LogP contribution in [0.2, 0.25) is 0 Å². The van der Waals surface area contributed by atoms with Gasteiger partial charge in [0.05, 0.1) is 12.7 Å². The van der Waals surface area contributed by atoms with E-state index in [1.165, 1.54) is 12.8 Å². The van der Waals surface area contributed by atoms with Gasteiger partial charge in [0.15, 0.2) is 0 Å². The summed E-state index contributed by atoms with van der Waals surface area (Å²) in [5.74, 6) is 0. The summed E-state index contributed by atoms with van der Waals surface area (Å²) in [6.45, 7) is 3.28. The van der Waals surface area contributed by atoms with Gasteiger partial charge in [0.25, 0.3) is 0 Å². The molecule has 2 aliphatic rings. The van der Waals surface area contributed by atoms with Gasteiger partial charge in [-0.25, -0.2) is 0 Å². The van der Waals surface area contributed by atoms with E-state index in [1.54, 1.807) is 0 Å². The van der Waals surface area contributed by atoms with Gasteiger partial charge in [0.1, 0.15) is 0 Å². The van der Waals surface area contributed by atoms with Crippen LogP contribution in [0, 0.1) is 5.41 Å². The minimum atomic E-state index is 0.248. The van der Waals surface area contributed by atoms with Gasteiger partial charge in [-0.3, -0.25) is 0 Å². The molecule has 2 saturated heterocycles. The fourth-order valence-electron chi connectivity index (χ4n) is 2.39. The topological polar surface area (TPSA) is 44.5 Å². The number of hydrogen-bond acceptors (Lipinski definition) is 3. The quantitative estimate of drug-likeness (QED) is 0.626. The zero-order valence-corrected chi connectivity index (χ0v) is 7.42. The summed E-state index contributed by atoms with van der Waals surface area (Å²) < 4.78 is 11.1. The molecule has 2 heterocycles. The Morgan fingerprint density at radius 3 is 2.92 bits per heavy atom. The van der Waals surface area contributed by atoms with E-state index < -0.39 is 0 Å². The van der Waals surface area contributed by atoms with Crippen molar-refractivity contribution in [2.75, 3.05) is 26.4 Å². The summed E-state index contributed by atoms with van der Waals surface area (Å²) in [6, 6.07) is 0. The molecule has 0 radical (unpaired) electrons. The van der Waals surface area contributed by atoms with Crippen molar-refractivity contribution in [2.24, 2.45) is 11.1 Å². The van der Waals surface area contributed by atoms with Gasteiger partial charge in [0, 0.05) is 25.2 Å². The molecular weight excluding hydrogens is 154 g/mol. The standard InChI is InChI=1S/C9H17NO2/c10-6-8-9(3-5-12-8)2-1-4-11-7-9/h8H,1-7,10H2. The van der Waals surface area contributed by atoms with Crippen LogP contribution >= 0.6 is 0 Å². The first-order chi connectivity index (χ1) is 5.87. The Morgan fingerprint density at radius 1 is 1.33 bits per heavy atom. The van der Waals surface area contributed by atoms with Crippen molar-refractivity contribution in [1.82, 2.24) is 0 Å². The monoisotopic (exact) mass is 171 g/mol. The molecule has 3 heteroatoms. The van der Waals surface area contributed by atoms with Crippen LogP contribution in [0.4, 0.5) is 0 Å². The summed E-state index contributed by atoms with van der Waals surface area (Å²) in [6.07, 6.45) is 3.78. The molecule has 0 bridgehead atoms. The van der Waals surface area contributed by atoms with Crippen LogP contribution in [0.5, 0.6) is 0 Å². The normalized spacial score (nSPS) is 42.2. The third-order valence-corrected chi connectivity index (χ3v) is 3.17. The molecule has 0 aromatic carbocycles. The smallest absolute Gasteiger partial charge is 0.0776 e. The highest BCUT2D eigenvalue weighted by Crippen LogP contribution is 2.41. The molecule has 0 saturated carbocycles. The van der Waals surface area contributed by atoms with E-state index in [0.29, 0.717) is 6.54 Å². The Bertz CT molecular complexity index is 155. The van der Waals surface area contributed by atoms with Crippen LogP contribution in [0.3, 0.4) is 0 Å². The van der Waals surface area contributed by atoms with Gasteiger partial charge in [-0.15, -0.1) is 0 Å². The highest BCUT2D eigenvalue weighted by atomic mass is 16.5. The van der Waals surface area contributed by atoms with E-state index in [2.05, 4.69) is 0 Å². The van der Waals surface area contributed by atoms with Crippen molar-refractivity contribution in [3.8, 4) is 0 Å². The largest absolute Gasteiger partial charge is 0.381 e. The molecule has 0 amide bonds. The predicted octanol–water partition coefficient (Wildman–Crippen LogP) is 0.531. The third kappa shape index (κ3) is 1.26. The van der Waals surface area contributed by atoms with Gasteiger partial charge in [-0.2, -0.15) is 0 Å². The summed E-state index contributed by atoms with van der Waals surface area (Å²) in [5, 5.41) is 0. The van der Waals surface area contributed by atoms with Crippen LogP contribution in [0.15, 0.2) is 0 Å². The number of rotatable bonds is 1. The van der Waals surface area contributed by atoms with Gasteiger partial charge in [0.2, 0.25) is 0 Å². The lowest BCUT2D eigenvalue weighted by Crippen LogP contribution is -2.42. The average molecular weight is 171 g/mol. The Morgan fingerprint density at radius 2 is 2.25 bits per heavy atom. The minimum Gasteiger partial charge on any atom is -0.381 e. The first-order valence-electron chi connectivity index (χ1n) is 4.77. The lowest BCUT2D eigenvalue weighted by Gasteiger charge is -2.36. The molecular formula is C9H17NO2. The van der Waals surface area contributed by atoms with Gasteiger partial charge in [-0.1, -0.05) is 0 Å². The lowest BCUT2D eigenvalue weighted by atomic mass is 9.76. The summed E-state index contributed by atoms with van der Waals surface area (Å²) in [4.78, 5) is 0. The zero-order valence-electron chi connectivity index (χ0n) is 7.42. The van der Waals surface area contributed by atoms with Crippen molar-refractivity contribution in [1.29, 1.82) is 0 Å². The predicted molar refractivity (Wildman–Crippen MR) is 45.9 cm³/mol. The Balaban J connectivity index is 2.05. The zero-order chi connectivity index (χ0) is 8.44. The van der Waals surface area contributed by atoms with Gasteiger partial charge >= 0.3 is 0 Å². The fourth-order valence-corrected chi connectivity index (χ4v) is 2.39. The van der Waals surface area contributed by atoms with E-state index in [4.69, 9.17) is 15.2 Å². The van der Waals surface area contributed by atoms with Crippen molar-refractivity contribution in [3.63, 3.8) is 0 Å². The molecule has 2 unspecified atom stereocenters. The first kappa shape index (κ1) is 8.48. The highest BCUT2D eigenvalue weighted by molar-refractivity contribution is 4.93. The number of nitrogens with two attached hydrogens (primary N) is 1. The third-order valence-electron chi connectivity index (χ3n) is 3.17. The summed E-state index contributed by atoms with van der Waals surface area (Å²) >= 11 is 0. The Hall–Kier alpha value is -0.120. The lowest BCUT2D eigenvalue weighted by molar-refractivity contribution is -0.0485. The van der Waals surface area contributed by atoms with Crippen molar-refractivity contribution < 1.29 is 9.47 Å². The minimum absolute atomic E-state index is 0.248. The number of hydrogen-bond donors (Lipinski definition) is 1. The first-order valence-corrected chi connectivity index (χ1v) is 4.77. The molecule has 12 heavy (non-hydrogen) atoms. The molecule has 0 aromatic rings. The molecule has 0 aromatic heterocycles. The van der Waals surface area contributed by atoms with Crippen LogP contribution in [-0.2, 0) is 9.47 Å². The molecule has 2 fully saturated rings. The maximum atomic E-state index is 5.66. The van der Waals surface area contributed by atoms with Gasteiger partial charge in [-0.05, 0) is 19.3 Å². The summed E-state index contributed by atoms with van der Waals surface area (Å²) in [7, 11) is 0. The average Bonchev–Trinajstić information content (AvgIpc) is 2.49. The molecule has 1 spiro atoms. The Labute approximate surface area is 73.2 Å². The molecule has 2 aliphatic heterocycles. The molecule has 70 valence electrons. The summed E-state index contributed by atoms with van der Waals surface area (Å²) in [5.41, 5.74) is 5.93. The van der Waals surface area contributed by atoms with Crippen molar-refractivity contribution in [3.05, 3.63) is 0 Å². The second kappa shape index (κ2) is 3.32. The molecule has 3 nitrogen and oxygen atoms in total. The van der Waals surface area contributed by atoms with E-state index in [1.807, 2.05) is 0 Å². The van der Waals surface area contributed by atoms with Crippen LogP contribution < -0.4 is 5.73 Å². The van der Waals surface area contributed by atoms with E-state index in [0.717, 1.165) is 26.2 Å². The van der Waals surface area contributed by atoms with Crippen LogP contribution in [0.1, 0.15) is 19.3 Å². The van der Waals surface area contributed by atoms with E-state index in [9.17, 15) is 0 Å². The van der Waals surface area contributed by atoms with E-state index in [-0.39, 0.29) is 11.5 Å². The Kier molecular flexibility index (Phi) is 2.35. The van der Waals surface area contributed by atoms with Gasteiger partial charge < -0.3 is 15.2 Å². The van der Waals surface area contributed by atoms with Crippen LogP contribution in [0.25, 0.3) is 0 Å². The fraction of sp³-hybridized carbons (Fsp3) is 1.00. The molecule has 2 rings (SSSR count). The van der Waals surface area contributed by atoms with Crippen LogP contribution in [-0.4, -0.2) is 32.5 Å². The highest BCUT2D eigenvalue weighted by Gasteiger charge is 2.44. The maximum Gasteiger partial charge on any atom is 0.0776 e. The second-order valence-corrected chi connectivity index (χ2v) is 3.86. The van der Waals surface area contributed by atoms with Crippen molar-refractivity contribution in [2.45, 2.75) is 25.4 Å². The molecule has 2 atom stereocenters. The number of ether oxygens (including phenoxy) is 2. The van der Waals surface area contributed by atoms with Crippen molar-refractivity contribution >= 4 is 0 Å². The molecule has 2 N–H and O–H groups in total. The maximum absolute atomic E-state index is 5.66.